The van der Waals surface area contributed by atoms with E-state index < -0.39 is 0 Å². The predicted molar refractivity (Wildman–Crippen MR) is 213 cm³/mol. The molecule has 0 unspecified atom stereocenters. The van der Waals surface area contributed by atoms with Gasteiger partial charge in [-0.3, -0.25) is 4.99 Å². The first kappa shape index (κ1) is 29.3. The topological polar surface area (TPSA) is 37.9 Å². The van der Waals surface area contributed by atoms with Crippen LogP contribution in [0.25, 0.3) is 65.7 Å². The number of hydrogen-bond donors (Lipinski definition) is 0. The number of furan rings is 1. The first-order valence-corrected chi connectivity index (χ1v) is 17.5. The van der Waals surface area contributed by atoms with Gasteiger partial charge in [0.25, 0.3) is 0 Å². The molecular weight excluding hydrogens is 621 g/mol. The van der Waals surface area contributed by atoms with Crippen molar-refractivity contribution < 1.29 is 4.42 Å². The number of rotatable bonds is 5. The lowest BCUT2D eigenvalue weighted by Gasteiger charge is -2.22. The summed E-state index contributed by atoms with van der Waals surface area (Å²) in [7, 11) is 0. The second kappa shape index (κ2) is 12.1. The Kier molecular flexibility index (Phi) is 6.95. The Labute approximate surface area is 295 Å². The molecule has 0 fully saturated rings. The minimum atomic E-state index is -0.0798. The maximum atomic E-state index is 6.86. The lowest BCUT2D eigenvalue weighted by Crippen LogP contribution is -2.17. The van der Waals surface area contributed by atoms with Crippen molar-refractivity contribution in [3.63, 3.8) is 0 Å². The van der Waals surface area contributed by atoms with E-state index in [0.29, 0.717) is 6.42 Å². The Bertz CT molecular complexity index is 2810. The third-order valence-corrected chi connectivity index (χ3v) is 10.2. The highest BCUT2D eigenvalue weighted by molar-refractivity contribution is 6.25. The van der Waals surface area contributed by atoms with Crippen LogP contribution in [0.2, 0.25) is 0 Å². The average molecular weight is 653 g/mol. The summed E-state index contributed by atoms with van der Waals surface area (Å²) in [5.74, 6) is 0.739. The molecule has 3 heteroatoms. The van der Waals surface area contributed by atoms with E-state index in [-0.39, 0.29) is 6.04 Å². The molecule has 0 aliphatic carbocycles. The van der Waals surface area contributed by atoms with Crippen molar-refractivity contribution >= 4 is 55.0 Å². The maximum Gasteiger partial charge on any atom is 0.155 e. The molecular formula is C48H32N2O. The van der Waals surface area contributed by atoms with Gasteiger partial charge in [-0.15, -0.1) is 0 Å². The molecule has 0 radical (unpaired) electrons. The molecule has 0 spiro atoms. The normalized spacial score (nSPS) is 14.6. The Balaban J connectivity index is 1.26. The van der Waals surface area contributed by atoms with Gasteiger partial charge in [0, 0.05) is 28.3 Å². The second-order valence-electron chi connectivity index (χ2n) is 13.2. The lowest BCUT2D eigenvalue weighted by molar-refractivity contribution is 0.667. The smallest absolute Gasteiger partial charge is 0.155 e. The molecule has 1 atom stereocenters. The highest BCUT2D eigenvalue weighted by atomic mass is 16.3. The molecule has 51 heavy (non-hydrogen) atoms. The first-order chi connectivity index (χ1) is 25.3. The fraction of sp³-hybridized carbons (Fsp3) is 0.0417. The Morgan fingerprint density at radius 3 is 1.80 bits per heavy atom. The van der Waals surface area contributed by atoms with E-state index in [1.165, 1.54) is 43.8 Å². The van der Waals surface area contributed by atoms with Gasteiger partial charge in [-0.1, -0.05) is 158 Å². The van der Waals surface area contributed by atoms with Gasteiger partial charge < -0.3 is 4.42 Å². The molecule has 10 rings (SSSR count). The van der Waals surface area contributed by atoms with E-state index in [1.54, 1.807) is 0 Å². The van der Waals surface area contributed by atoms with Gasteiger partial charge in [-0.2, -0.15) is 0 Å². The molecule has 0 amide bonds. The van der Waals surface area contributed by atoms with Crippen molar-refractivity contribution in [2.24, 2.45) is 9.98 Å². The molecule has 240 valence electrons. The zero-order valence-electron chi connectivity index (χ0n) is 27.8. The van der Waals surface area contributed by atoms with Crippen LogP contribution in [0.3, 0.4) is 0 Å². The quantitative estimate of drug-likeness (QED) is 0.182. The van der Waals surface area contributed by atoms with Gasteiger partial charge >= 0.3 is 0 Å². The van der Waals surface area contributed by atoms with Crippen molar-refractivity contribution in [1.82, 2.24) is 0 Å². The monoisotopic (exact) mass is 652 g/mol. The zero-order chi connectivity index (χ0) is 33.7. The van der Waals surface area contributed by atoms with Crippen LogP contribution in [0, 0.1) is 0 Å². The Hall–Kier alpha value is -6.58. The molecule has 8 aromatic carbocycles. The molecule has 3 nitrogen and oxygen atoms in total. The molecule has 0 saturated heterocycles. The Morgan fingerprint density at radius 2 is 1.08 bits per heavy atom. The summed E-state index contributed by atoms with van der Waals surface area (Å²) in [6, 6.07) is 62.2. The van der Waals surface area contributed by atoms with Gasteiger partial charge in [0.1, 0.15) is 11.2 Å². The van der Waals surface area contributed by atoms with Gasteiger partial charge in [-0.05, 0) is 67.6 Å². The number of amidine groups is 1. The number of aliphatic imine (C=N–C) groups is 2. The van der Waals surface area contributed by atoms with Crippen molar-refractivity contribution in [3.05, 3.63) is 193 Å². The van der Waals surface area contributed by atoms with Crippen LogP contribution < -0.4 is 0 Å². The number of fused-ring (bicyclic) bond motifs is 6. The zero-order valence-corrected chi connectivity index (χ0v) is 27.8. The van der Waals surface area contributed by atoms with Crippen LogP contribution >= 0.6 is 0 Å². The van der Waals surface area contributed by atoms with Crippen LogP contribution in [0.15, 0.2) is 190 Å². The summed E-state index contributed by atoms with van der Waals surface area (Å²) >= 11 is 0. The summed E-state index contributed by atoms with van der Waals surface area (Å²) in [5, 5.41) is 7.03. The van der Waals surface area contributed by atoms with Crippen molar-refractivity contribution in [2.75, 3.05) is 0 Å². The minimum absolute atomic E-state index is 0.0798. The van der Waals surface area contributed by atoms with Crippen LogP contribution in [0.4, 0.5) is 0 Å². The van der Waals surface area contributed by atoms with Crippen molar-refractivity contribution in [1.29, 1.82) is 0 Å². The van der Waals surface area contributed by atoms with E-state index in [2.05, 4.69) is 158 Å². The van der Waals surface area contributed by atoms with E-state index in [1.807, 2.05) is 18.2 Å². The predicted octanol–water partition coefficient (Wildman–Crippen LogP) is 12.6. The molecule has 9 aromatic rings. The molecule has 0 saturated carbocycles. The Morgan fingerprint density at radius 1 is 0.471 bits per heavy atom. The molecule has 1 aromatic heterocycles. The number of nitrogens with zero attached hydrogens (tertiary/aromatic N) is 2. The molecule has 2 heterocycles. The summed E-state index contributed by atoms with van der Waals surface area (Å²) in [5.41, 5.74) is 10.6. The summed E-state index contributed by atoms with van der Waals surface area (Å²) in [6.45, 7) is 0. The molecule has 1 aliphatic heterocycles. The third-order valence-electron chi connectivity index (χ3n) is 10.2. The van der Waals surface area contributed by atoms with E-state index in [0.717, 1.165) is 50.2 Å². The van der Waals surface area contributed by atoms with Crippen LogP contribution in [0.1, 0.15) is 29.2 Å². The van der Waals surface area contributed by atoms with Gasteiger partial charge in [0.15, 0.2) is 5.84 Å². The van der Waals surface area contributed by atoms with E-state index in [4.69, 9.17) is 14.4 Å². The molecule has 0 bridgehead atoms. The maximum absolute atomic E-state index is 6.86. The molecule has 0 N–H and O–H groups in total. The molecule has 1 aliphatic rings. The second-order valence-corrected chi connectivity index (χ2v) is 13.2. The van der Waals surface area contributed by atoms with Gasteiger partial charge in [0.2, 0.25) is 0 Å². The minimum Gasteiger partial charge on any atom is -0.455 e. The number of benzene rings is 8. The van der Waals surface area contributed by atoms with Crippen molar-refractivity contribution in [2.45, 2.75) is 12.5 Å². The average Bonchev–Trinajstić information content (AvgIpc) is 3.60. The van der Waals surface area contributed by atoms with E-state index >= 15 is 0 Å². The highest BCUT2D eigenvalue weighted by Gasteiger charge is 2.26. The van der Waals surface area contributed by atoms with Crippen LogP contribution in [-0.2, 0) is 0 Å². The van der Waals surface area contributed by atoms with Crippen molar-refractivity contribution in [3.8, 4) is 22.3 Å². The fourth-order valence-electron chi connectivity index (χ4n) is 7.78. The summed E-state index contributed by atoms with van der Waals surface area (Å²) in [4.78, 5) is 10.6. The number of hydrogen-bond acceptors (Lipinski definition) is 3. The third kappa shape index (κ3) is 5.05. The van der Waals surface area contributed by atoms with Gasteiger partial charge in [0.05, 0.1) is 11.8 Å². The lowest BCUT2D eigenvalue weighted by atomic mass is 9.88. The SMILES string of the molecule is c1ccc(C2=N[C@@H](c3ccccc3)CC(c3cc(-c4ccc(-c5ccccc5)c5ccccc45)cc4c3oc3ccc5ccccc5c34)=N2)cc1. The highest BCUT2D eigenvalue weighted by Crippen LogP contribution is 2.43. The van der Waals surface area contributed by atoms with Crippen LogP contribution in [-0.4, -0.2) is 11.5 Å². The fourth-order valence-corrected chi connectivity index (χ4v) is 7.78. The summed E-state index contributed by atoms with van der Waals surface area (Å²) < 4.78 is 6.86. The standard InChI is InChI=1S/C48H32N2O/c1-4-14-31(15-5-1)36-25-26-37(40-23-13-12-22-39(36)40)35-28-41(47-42(29-35)46-38-21-11-10-16-32(38)24-27-45(46)51-47)44-30-43(33-17-6-2-7-18-33)49-48(50-44)34-19-8-3-9-20-34/h1-29,43H,30H2/t43-/m1/s1. The first-order valence-electron chi connectivity index (χ1n) is 17.5. The van der Waals surface area contributed by atoms with Crippen LogP contribution in [0.5, 0.6) is 0 Å². The van der Waals surface area contributed by atoms with E-state index in [9.17, 15) is 0 Å². The largest absolute Gasteiger partial charge is 0.455 e. The summed E-state index contributed by atoms with van der Waals surface area (Å²) in [6.07, 6.45) is 0.657. The van der Waals surface area contributed by atoms with Gasteiger partial charge in [-0.25, -0.2) is 4.99 Å².